The summed E-state index contributed by atoms with van der Waals surface area (Å²) in [6, 6.07) is 12.3. The van der Waals surface area contributed by atoms with Crippen molar-refractivity contribution in [2.45, 2.75) is 5.03 Å². The van der Waals surface area contributed by atoms with E-state index in [9.17, 15) is 13.2 Å². The average Bonchev–Trinajstić information content (AvgIpc) is 3.55. The van der Waals surface area contributed by atoms with Gasteiger partial charge in [-0.1, -0.05) is 12.1 Å². The zero-order chi connectivity index (χ0) is 27.0. The Hall–Kier alpha value is -4.84. The third kappa shape index (κ3) is 4.20. The van der Waals surface area contributed by atoms with Crippen molar-refractivity contribution in [3.63, 3.8) is 0 Å². The number of carbonyl (C=O) groups is 1. The second-order valence-corrected chi connectivity index (χ2v) is 10.4. The van der Waals surface area contributed by atoms with E-state index in [1.807, 2.05) is 18.2 Å². The number of benzene rings is 1. The van der Waals surface area contributed by atoms with Crippen LogP contribution in [0.1, 0.15) is 15.9 Å². The lowest BCUT2D eigenvalue weighted by molar-refractivity contribution is 0.0827. The summed E-state index contributed by atoms with van der Waals surface area (Å²) in [6.07, 6.45) is 8.90. The lowest BCUT2D eigenvalue weighted by Crippen LogP contribution is -2.21. The van der Waals surface area contributed by atoms with E-state index in [0.29, 0.717) is 33.4 Å². The van der Waals surface area contributed by atoms with Crippen molar-refractivity contribution in [3.8, 4) is 11.1 Å². The van der Waals surface area contributed by atoms with E-state index in [-0.39, 0.29) is 10.9 Å². The maximum Gasteiger partial charge on any atom is 0.301 e. The Morgan fingerprint density at radius 3 is 2.42 bits per heavy atom. The third-order valence-corrected chi connectivity index (χ3v) is 7.58. The van der Waals surface area contributed by atoms with E-state index in [1.165, 1.54) is 27.9 Å². The fraction of sp³-hybridized carbons (Fsp3) is 0.115. The van der Waals surface area contributed by atoms with Crippen LogP contribution < -0.4 is 5.73 Å². The molecule has 0 saturated carbocycles. The van der Waals surface area contributed by atoms with Gasteiger partial charge in [-0.25, -0.2) is 4.98 Å². The molecule has 5 aromatic rings. The van der Waals surface area contributed by atoms with Crippen LogP contribution in [-0.4, -0.2) is 70.1 Å². The van der Waals surface area contributed by atoms with Gasteiger partial charge in [-0.15, -0.1) is 0 Å². The molecule has 12 heteroatoms. The van der Waals surface area contributed by atoms with Crippen LogP contribution in [0.3, 0.4) is 0 Å². The first-order chi connectivity index (χ1) is 18.2. The number of carbonyl (C=O) groups excluding carboxylic acids is 1. The first-order valence-electron chi connectivity index (χ1n) is 11.5. The number of rotatable bonds is 6. The third-order valence-electron chi connectivity index (χ3n) is 6.00. The lowest BCUT2D eigenvalue weighted by Gasteiger charge is -2.11. The molecule has 1 amide bonds. The zero-order valence-electron chi connectivity index (χ0n) is 20.8. The minimum absolute atomic E-state index is 0.0612. The Morgan fingerprint density at radius 1 is 1.00 bits per heavy atom. The molecule has 11 nitrogen and oxygen atoms in total. The normalized spacial score (nSPS) is 12.6. The lowest BCUT2D eigenvalue weighted by atomic mass is 10.1. The van der Waals surface area contributed by atoms with Crippen LogP contribution in [0.2, 0.25) is 0 Å². The molecular formula is C26H24N8O3S. The van der Waals surface area contributed by atoms with Gasteiger partial charge < -0.3 is 10.6 Å². The van der Waals surface area contributed by atoms with Gasteiger partial charge in [0, 0.05) is 62.7 Å². The van der Waals surface area contributed by atoms with E-state index in [0.717, 1.165) is 15.2 Å². The van der Waals surface area contributed by atoms with Gasteiger partial charge in [-0.3, -0.25) is 19.2 Å². The Bertz CT molecular complexity index is 1850. The second-order valence-electron chi connectivity index (χ2n) is 8.65. The zero-order valence-corrected chi connectivity index (χ0v) is 21.7. The summed E-state index contributed by atoms with van der Waals surface area (Å²) in [4.78, 5) is 26.3. The standard InChI is InChI=1S/C26H24N8O3S/c1-28-12-21(11-27)20-10-23-22(29-13-20)14-31-34(23)38(36,37)25-15-30-24-9-8-19(16-33(24)25)17-4-6-18(7-5-17)26(35)32(2)3/h4-16H,27H2,1-3H3. The minimum Gasteiger partial charge on any atom is -0.404 e. The van der Waals surface area contributed by atoms with Gasteiger partial charge in [0.2, 0.25) is 0 Å². The van der Waals surface area contributed by atoms with Crippen molar-refractivity contribution in [2.75, 3.05) is 21.1 Å². The van der Waals surface area contributed by atoms with Crippen molar-refractivity contribution in [1.29, 1.82) is 0 Å². The predicted molar refractivity (Wildman–Crippen MR) is 145 cm³/mol. The molecule has 4 aromatic heterocycles. The van der Waals surface area contributed by atoms with Crippen LogP contribution in [-0.2, 0) is 10.0 Å². The molecule has 0 spiro atoms. The van der Waals surface area contributed by atoms with Crippen molar-refractivity contribution in [1.82, 2.24) is 28.5 Å². The van der Waals surface area contributed by atoms with Crippen molar-refractivity contribution in [3.05, 3.63) is 84.6 Å². The van der Waals surface area contributed by atoms with Crippen LogP contribution in [0.5, 0.6) is 0 Å². The molecule has 0 unspecified atom stereocenters. The van der Waals surface area contributed by atoms with Gasteiger partial charge in [-0.05, 0) is 41.5 Å². The molecule has 1 aromatic carbocycles. The largest absolute Gasteiger partial charge is 0.404 e. The highest BCUT2D eigenvalue weighted by Gasteiger charge is 2.25. The molecule has 0 aliphatic carbocycles. The number of nitrogens with two attached hydrogens (primary N) is 1. The molecule has 38 heavy (non-hydrogen) atoms. The van der Waals surface area contributed by atoms with Crippen LogP contribution in [0.4, 0.5) is 0 Å². The second kappa shape index (κ2) is 9.56. The Labute approximate surface area is 218 Å². The highest BCUT2D eigenvalue weighted by Crippen LogP contribution is 2.26. The molecule has 0 atom stereocenters. The highest BCUT2D eigenvalue weighted by atomic mass is 32.2. The van der Waals surface area contributed by atoms with Gasteiger partial charge in [0.05, 0.1) is 12.4 Å². The summed E-state index contributed by atoms with van der Waals surface area (Å²) in [5, 5.41) is 4.07. The fourth-order valence-electron chi connectivity index (χ4n) is 4.06. The number of hydrogen-bond acceptors (Lipinski definition) is 8. The molecule has 0 saturated heterocycles. The van der Waals surface area contributed by atoms with Gasteiger partial charge in [-0.2, -0.15) is 17.6 Å². The Morgan fingerprint density at radius 2 is 1.74 bits per heavy atom. The number of aliphatic imine (C=N–C) groups is 1. The van der Waals surface area contributed by atoms with Gasteiger partial charge >= 0.3 is 10.0 Å². The molecular weight excluding hydrogens is 504 g/mol. The van der Waals surface area contributed by atoms with Crippen LogP contribution >= 0.6 is 0 Å². The number of fused-ring (bicyclic) bond motifs is 2. The number of nitrogens with zero attached hydrogens (tertiary/aromatic N) is 7. The SMILES string of the molecule is CN=CC(=CN)c1cnc2cnn(S(=O)(=O)c3cnc4ccc(-c5ccc(C(=O)N(C)C)cc5)cn34)c2c1. The monoisotopic (exact) mass is 528 g/mol. The van der Waals surface area contributed by atoms with Crippen LogP contribution in [0.15, 0.2) is 83.5 Å². The van der Waals surface area contributed by atoms with Crippen molar-refractivity contribution >= 4 is 44.4 Å². The first kappa shape index (κ1) is 24.8. The summed E-state index contributed by atoms with van der Waals surface area (Å²) >= 11 is 0. The summed E-state index contributed by atoms with van der Waals surface area (Å²) in [5.41, 5.74) is 10.2. The fourth-order valence-corrected chi connectivity index (χ4v) is 5.39. The number of pyridine rings is 2. The Kier molecular flexibility index (Phi) is 6.25. The van der Waals surface area contributed by atoms with E-state index >= 15 is 0 Å². The molecule has 5 rings (SSSR count). The first-order valence-corrected chi connectivity index (χ1v) is 12.9. The maximum absolute atomic E-state index is 13.8. The van der Waals surface area contributed by atoms with Gasteiger partial charge in [0.1, 0.15) is 16.7 Å². The number of allylic oxidation sites excluding steroid dienone is 1. The summed E-state index contributed by atoms with van der Waals surface area (Å²) in [6.45, 7) is 0. The van der Waals surface area contributed by atoms with E-state index in [2.05, 4.69) is 20.1 Å². The van der Waals surface area contributed by atoms with E-state index in [4.69, 9.17) is 5.73 Å². The van der Waals surface area contributed by atoms with Crippen molar-refractivity contribution < 1.29 is 13.2 Å². The van der Waals surface area contributed by atoms with Gasteiger partial charge in [0.15, 0.2) is 5.03 Å². The molecule has 0 radical (unpaired) electrons. The van der Waals surface area contributed by atoms with E-state index < -0.39 is 10.0 Å². The molecule has 0 fully saturated rings. The number of aromatic nitrogens is 5. The maximum atomic E-state index is 13.8. The molecule has 2 N–H and O–H groups in total. The predicted octanol–water partition coefficient (Wildman–Crippen LogP) is 2.69. The van der Waals surface area contributed by atoms with Crippen molar-refractivity contribution in [2.24, 2.45) is 10.7 Å². The minimum atomic E-state index is -4.16. The number of hydrogen-bond donors (Lipinski definition) is 1. The number of amides is 1. The summed E-state index contributed by atoms with van der Waals surface area (Å²) in [7, 11) is 0.835. The summed E-state index contributed by atoms with van der Waals surface area (Å²) in [5.74, 6) is -0.102. The van der Waals surface area contributed by atoms with Gasteiger partial charge in [0.25, 0.3) is 5.91 Å². The molecule has 0 bridgehead atoms. The summed E-state index contributed by atoms with van der Waals surface area (Å²) < 4.78 is 30.0. The highest BCUT2D eigenvalue weighted by molar-refractivity contribution is 7.90. The van der Waals surface area contributed by atoms with E-state index in [1.54, 1.807) is 64.0 Å². The smallest absolute Gasteiger partial charge is 0.301 e. The number of imidazole rings is 1. The molecule has 0 aliphatic rings. The molecule has 192 valence electrons. The molecule has 0 aliphatic heterocycles. The Balaban J connectivity index is 1.59. The quantitative estimate of drug-likeness (QED) is 0.334. The van der Waals surface area contributed by atoms with Crippen LogP contribution in [0, 0.1) is 0 Å². The molecule has 4 heterocycles. The van der Waals surface area contributed by atoms with Crippen LogP contribution in [0.25, 0.3) is 33.4 Å². The average molecular weight is 529 g/mol. The topological polar surface area (TPSA) is 141 Å².